The largest absolute Gasteiger partial charge is 1.00 e. The smallest absolute Gasteiger partial charge is 0.872 e. The van der Waals surface area contributed by atoms with E-state index in [1.165, 1.54) is 75.3 Å². The average molecular weight is 459 g/mol. The summed E-state index contributed by atoms with van der Waals surface area (Å²) in [6.07, 6.45) is 12.0. The van der Waals surface area contributed by atoms with Crippen LogP contribution in [-0.2, 0) is 16.5 Å². The second-order valence-electron chi connectivity index (χ2n) is 7.40. The molecule has 0 aromatic heterocycles. The zero-order chi connectivity index (χ0) is 21.1. The molecule has 0 fully saturated rings. The third-order valence-corrected chi connectivity index (χ3v) is 5.81. The molecule has 0 saturated heterocycles. The van der Waals surface area contributed by atoms with Crippen LogP contribution in [0.1, 0.15) is 70.3 Å². The Morgan fingerprint density at radius 2 is 1.37 bits per heavy atom. The Bertz CT molecular complexity index is 850. The van der Waals surface area contributed by atoms with Gasteiger partial charge < -0.3 is 9.84 Å². The van der Waals surface area contributed by atoms with Gasteiger partial charge >= 0.3 is 51.4 Å². The maximum Gasteiger partial charge on any atom is 1.00 e. The molecule has 2 rings (SSSR count). The Balaban J connectivity index is 0.00000450. The van der Waals surface area contributed by atoms with Crippen molar-refractivity contribution >= 4 is 10.1 Å². The van der Waals surface area contributed by atoms with Crippen LogP contribution in [0.2, 0.25) is 0 Å². The number of aryl methyl sites for hydroxylation is 1. The standard InChI is InChI=1S/C23H32O5S.K/c1-2-3-4-5-6-7-8-9-10-11-19-12-13-21(18-23(19)24)28-20-14-16-22(17-15-20)29(25,26)27;/h12-18,24H,2-11H2,1H3,(H,25,26,27);/q;+1/p-1. The van der Waals surface area contributed by atoms with Gasteiger partial charge in [-0.15, -0.1) is 5.75 Å². The van der Waals surface area contributed by atoms with Gasteiger partial charge in [0.2, 0.25) is 0 Å². The summed E-state index contributed by atoms with van der Waals surface area (Å²) < 4.78 is 36.7. The zero-order valence-electron chi connectivity index (χ0n) is 18.1. The Hall–Kier alpha value is -0.414. The molecule has 0 saturated carbocycles. The molecule has 0 spiro atoms. The zero-order valence-corrected chi connectivity index (χ0v) is 22.0. The van der Waals surface area contributed by atoms with Gasteiger partial charge in [-0.05, 0) is 49.2 Å². The van der Waals surface area contributed by atoms with Crippen molar-refractivity contribution < 1.29 is 74.2 Å². The van der Waals surface area contributed by atoms with Crippen LogP contribution in [0.25, 0.3) is 0 Å². The maximum atomic E-state index is 12.3. The van der Waals surface area contributed by atoms with Crippen molar-refractivity contribution in [1.82, 2.24) is 0 Å². The van der Waals surface area contributed by atoms with E-state index < -0.39 is 10.1 Å². The van der Waals surface area contributed by atoms with Crippen molar-refractivity contribution in [2.45, 2.75) is 76.0 Å². The molecule has 0 aliphatic rings. The fourth-order valence-corrected chi connectivity index (χ4v) is 3.73. The summed E-state index contributed by atoms with van der Waals surface area (Å²) in [6.45, 7) is 2.23. The van der Waals surface area contributed by atoms with Crippen molar-refractivity contribution in [3.05, 3.63) is 48.0 Å². The Morgan fingerprint density at radius 1 is 0.833 bits per heavy atom. The number of hydrogen-bond donors (Lipinski definition) is 1. The van der Waals surface area contributed by atoms with Gasteiger partial charge in [0, 0.05) is 0 Å². The van der Waals surface area contributed by atoms with Crippen LogP contribution in [0.3, 0.4) is 0 Å². The second-order valence-corrected chi connectivity index (χ2v) is 8.82. The van der Waals surface area contributed by atoms with Crippen LogP contribution in [0, 0.1) is 0 Å². The molecule has 0 atom stereocenters. The Morgan fingerprint density at radius 3 is 1.90 bits per heavy atom. The number of hydrogen-bond acceptors (Lipinski definition) is 4. The van der Waals surface area contributed by atoms with Crippen LogP contribution in [-0.4, -0.2) is 13.0 Å². The normalized spacial score (nSPS) is 11.1. The summed E-state index contributed by atoms with van der Waals surface area (Å²) in [5.41, 5.74) is 0.794. The molecular weight excluding hydrogens is 427 g/mol. The maximum absolute atomic E-state index is 12.3. The molecule has 0 aliphatic heterocycles. The topological polar surface area (TPSA) is 86.7 Å². The first-order chi connectivity index (χ1) is 13.9. The molecular formula is C23H31KO5S. The summed E-state index contributed by atoms with van der Waals surface area (Å²) in [5, 5.41) is 12.3. The molecule has 5 nitrogen and oxygen atoms in total. The fourth-order valence-electron chi connectivity index (χ4n) is 3.25. The van der Waals surface area contributed by atoms with Gasteiger partial charge in [-0.3, -0.25) is 4.55 Å². The van der Waals surface area contributed by atoms with Crippen molar-refractivity contribution in [3.8, 4) is 17.2 Å². The monoisotopic (exact) mass is 458 g/mol. The minimum atomic E-state index is -4.23. The van der Waals surface area contributed by atoms with Gasteiger partial charge in [0.15, 0.2) is 0 Å². The van der Waals surface area contributed by atoms with Crippen LogP contribution in [0.15, 0.2) is 47.4 Å². The van der Waals surface area contributed by atoms with Gasteiger partial charge in [0.05, 0.1) is 4.90 Å². The molecule has 0 bridgehead atoms. The van der Waals surface area contributed by atoms with Gasteiger partial charge in [0.1, 0.15) is 11.5 Å². The first-order valence-corrected chi connectivity index (χ1v) is 11.9. The average Bonchev–Trinajstić information content (AvgIpc) is 2.68. The van der Waals surface area contributed by atoms with Crippen LogP contribution in [0.5, 0.6) is 17.2 Å². The minimum Gasteiger partial charge on any atom is -0.872 e. The summed E-state index contributed by atoms with van der Waals surface area (Å²) in [7, 11) is -4.23. The van der Waals surface area contributed by atoms with Crippen molar-refractivity contribution in [1.29, 1.82) is 0 Å². The van der Waals surface area contributed by atoms with Gasteiger partial charge in [0.25, 0.3) is 10.1 Å². The second kappa shape index (κ2) is 14.6. The van der Waals surface area contributed by atoms with E-state index in [2.05, 4.69) is 6.92 Å². The van der Waals surface area contributed by atoms with E-state index in [-0.39, 0.29) is 62.0 Å². The van der Waals surface area contributed by atoms with Gasteiger partial charge in [-0.25, -0.2) is 0 Å². The molecule has 30 heavy (non-hydrogen) atoms. The number of rotatable bonds is 13. The summed E-state index contributed by atoms with van der Waals surface area (Å²) in [4.78, 5) is -0.203. The molecule has 7 heteroatoms. The van der Waals surface area contributed by atoms with E-state index in [1.807, 2.05) is 0 Å². The van der Waals surface area contributed by atoms with Crippen LogP contribution >= 0.6 is 0 Å². The molecule has 2 aromatic carbocycles. The molecule has 1 N–H and O–H groups in total. The third kappa shape index (κ3) is 10.3. The van der Waals surface area contributed by atoms with E-state index >= 15 is 0 Å². The Kier molecular flexibility index (Phi) is 13.5. The van der Waals surface area contributed by atoms with Gasteiger partial charge in [-0.1, -0.05) is 69.9 Å². The summed E-state index contributed by atoms with van der Waals surface area (Å²) >= 11 is 0. The molecule has 0 unspecified atom stereocenters. The SMILES string of the molecule is CCCCCCCCCCCc1ccc(Oc2ccc(S(=O)(=O)O)cc2)cc1[O-].[K+]. The molecule has 160 valence electrons. The predicted octanol–water partition coefficient (Wildman–Crippen LogP) is 2.88. The van der Waals surface area contributed by atoms with Gasteiger partial charge in [-0.2, -0.15) is 8.42 Å². The fraction of sp³-hybridized carbons (Fsp3) is 0.478. The van der Waals surface area contributed by atoms with Crippen molar-refractivity contribution in [2.24, 2.45) is 0 Å². The van der Waals surface area contributed by atoms with E-state index in [4.69, 9.17) is 9.29 Å². The van der Waals surface area contributed by atoms with Crippen LogP contribution in [0.4, 0.5) is 0 Å². The number of benzene rings is 2. The van der Waals surface area contributed by atoms with Crippen molar-refractivity contribution in [3.63, 3.8) is 0 Å². The van der Waals surface area contributed by atoms with Crippen molar-refractivity contribution in [2.75, 3.05) is 0 Å². The molecule has 2 aromatic rings. The minimum absolute atomic E-state index is 0. The number of unbranched alkanes of at least 4 members (excludes halogenated alkanes) is 8. The quantitative estimate of drug-likeness (QED) is 0.283. The first-order valence-electron chi connectivity index (χ1n) is 10.5. The van der Waals surface area contributed by atoms with E-state index in [0.717, 1.165) is 24.8 Å². The predicted molar refractivity (Wildman–Crippen MR) is 113 cm³/mol. The third-order valence-electron chi connectivity index (χ3n) is 4.95. The molecule has 0 heterocycles. The number of ether oxygens (including phenoxy) is 1. The Labute approximate surface area is 223 Å². The summed E-state index contributed by atoms with van der Waals surface area (Å²) in [5.74, 6) is 0.755. The molecule has 0 radical (unpaired) electrons. The van der Waals surface area contributed by atoms with E-state index in [0.29, 0.717) is 11.5 Å². The molecule has 0 aliphatic carbocycles. The van der Waals surface area contributed by atoms with Crippen LogP contribution < -0.4 is 61.2 Å². The first kappa shape index (κ1) is 27.6. The summed E-state index contributed by atoms with van der Waals surface area (Å²) in [6, 6.07) is 10.4. The van der Waals surface area contributed by atoms with E-state index in [1.54, 1.807) is 12.1 Å². The molecule has 0 amide bonds. The van der Waals surface area contributed by atoms with E-state index in [9.17, 15) is 13.5 Å².